The van der Waals surface area contributed by atoms with Crippen LogP contribution in [0.4, 0.5) is 0 Å². The number of hydrogen-bond acceptors (Lipinski definition) is 3. The molecule has 5 unspecified atom stereocenters. The highest BCUT2D eigenvalue weighted by molar-refractivity contribution is 4.96. The summed E-state index contributed by atoms with van der Waals surface area (Å²) in [7, 11) is 2.15. The Labute approximate surface area is 117 Å². The van der Waals surface area contributed by atoms with E-state index in [0.717, 1.165) is 44.0 Å². The van der Waals surface area contributed by atoms with Crippen molar-refractivity contribution in [1.82, 2.24) is 5.32 Å². The fourth-order valence-corrected chi connectivity index (χ4v) is 4.67. The fraction of sp³-hybridized carbons (Fsp3) is 1.00. The Kier molecular flexibility index (Phi) is 4.16. The Morgan fingerprint density at radius 1 is 1.16 bits per heavy atom. The summed E-state index contributed by atoms with van der Waals surface area (Å²) in [6.45, 7) is 5.04. The molecule has 1 spiro atoms. The minimum absolute atomic E-state index is 0.0578. The highest BCUT2D eigenvalue weighted by atomic mass is 16.6. The standard InChI is InChI=1S/C16H29NO2/c1-12-3-4-13(9-12)15(17-2)14-5-7-19-16(10-14)6-8-18-11-16/h12-15,17H,3-11H2,1-2H3. The second-order valence-corrected chi connectivity index (χ2v) is 7.08. The predicted octanol–water partition coefficient (Wildman–Crippen LogP) is 2.60. The van der Waals surface area contributed by atoms with E-state index in [4.69, 9.17) is 9.47 Å². The van der Waals surface area contributed by atoms with Crippen LogP contribution in [0.2, 0.25) is 0 Å². The summed E-state index contributed by atoms with van der Waals surface area (Å²) in [5.41, 5.74) is 0.0578. The first-order chi connectivity index (χ1) is 9.22. The molecule has 2 saturated heterocycles. The van der Waals surface area contributed by atoms with Crippen molar-refractivity contribution in [2.24, 2.45) is 17.8 Å². The lowest BCUT2D eigenvalue weighted by molar-refractivity contribution is -0.105. The van der Waals surface area contributed by atoms with Gasteiger partial charge in [-0.2, -0.15) is 0 Å². The molecule has 19 heavy (non-hydrogen) atoms. The van der Waals surface area contributed by atoms with Gasteiger partial charge in [0.2, 0.25) is 0 Å². The van der Waals surface area contributed by atoms with Gasteiger partial charge in [-0.1, -0.05) is 13.3 Å². The van der Waals surface area contributed by atoms with Crippen molar-refractivity contribution in [1.29, 1.82) is 0 Å². The van der Waals surface area contributed by atoms with E-state index >= 15 is 0 Å². The predicted molar refractivity (Wildman–Crippen MR) is 76.2 cm³/mol. The average molecular weight is 267 g/mol. The molecule has 0 radical (unpaired) electrons. The molecule has 0 bridgehead atoms. The second kappa shape index (κ2) is 5.71. The van der Waals surface area contributed by atoms with E-state index in [1.165, 1.54) is 32.1 Å². The van der Waals surface area contributed by atoms with Gasteiger partial charge in [0.05, 0.1) is 12.2 Å². The maximum atomic E-state index is 6.08. The molecule has 1 saturated carbocycles. The molecule has 2 aliphatic heterocycles. The summed E-state index contributed by atoms with van der Waals surface area (Å²) in [5, 5.41) is 3.64. The second-order valence-electron chi connectivity index (χ2n) is 7.08. The third kappa shape index (κ3) is 2.84. The molecule has 0 aromatic heterocycles. The Hall–Kier alpha value is -0.120. The van der Waals surface area contributed by atoms with E-state index in [2.05, 4.69) is 19.3 Å². The number of hydrogen-bond donors (Lipinski definition) is 1. The molecule has 3 rings (SSSR count). The highest BCUT2D eigenvalue weighted by Crippen LogP contribution is 2.42. The molecule has 1 aliphatic carbocycles. The van der Waals surface area contributed by atoms with Crippen molar-refractivity contribution in [2.75, 3.05) is 26.9 Å². The van der Waals surface area contributed by atoms with Crippen LogP contribution in [-0.4, -0.2) is 38.5 Å². The van der Waals surface area contributed by atoms with E-state index in [-0.39, 0.29) is 5.60 Å². The monoisotopic (exact) mass is 267 g/mol. The summed E-state index contributed by atoms with van der Waals surface area (Å²) in [4.78, 5) is 0. The number of nitrogens with one attached hydrogen (secondary N) is 1. The normalized spacial score (nSPS) is 44.8. The van der Waals surface area contributed by atoms with Crippen LogP contribution in [-0.2, 0) is 9.47 Å². The summed E-state index contributed by atoms with van der Waals surface area (Å²) in [6.07, 6.45) is 7.75. The van der Waals surface area contributed by atoms with Crippen LogP contribution in [0.3, 0.4) is 0 Å². The molecule has 3 nitrogen and oxygen atoms in total. The van der Waals surface area contributed by atoms with E-state index in [9.17, 15) is 0 Å². The number of rotatable bonds is 3. The van der Waals surface area contributed by atoms with E-state index < -0.39 is 0 Å². The lowest BCUT2D eigenvalue weighted by Crippen LogP contribution is -2.48. The van der Waals surface area contributed by atoms with Gasteiger partial charge >= 0.3 is 0 Å². The van der Waals surface area contributed by atoms with Crippen LogP contribution in [0, 0.1) is 17.8 Å². The number of ether oxygens (including phenoxy) is 2. The van der Waals surface area contributed by atoms with Crippen molar-refractivity contribution in [3.8, 4) is 0 Å². The van der Waals surface area contributed by atoms with Gasteiger partial charge in [0.1, 0.15) is 0 Å². The zero-order valence-corrected chi connectivity index (χ0v) is 12.5. The Bertz CT molecular complexity index is 301. The molecule has 2 heterocycles. The van der Waals surface area contributed by atoms with Gasteiger partial charge in [-0.05, 0) is 50.5 Å². The van der Waals surface area contributed by atoms with Gasteiger partial charge in [-0.15, -0.1) is 0 Å². The molecular formula is C16H29NO2. The zero-order chi connectivity index (χ0) is 13.3. The van der Waals surface area contributed by atoms with Crippen LogP contribution >= 0.6 is 0 Å². The third-order valence-electron chi connectivity index (χ3n) is 5.68. The Balaban J connectivity index is 1.65. The molecular weight excluding hydrogens is 238 g/mol. The molecule has 0 aromatic carbocycles. The summed E-state index contributed by atoms with van der Waals surface area (Å²) in [6, 6.07) is 0.686. The summed E-state index contributed by atoms with van der Waals surface area (Å²) in [5.74, 6) is 2.57. The average Bonchev–Trinajstić information content (AvgIpc) is 3.01. The molecule has 3 fully saturated rings. The van der Waals surface area contributed by atoms with Crippen molar-refractivity contribution in [2.45, 2.75) is 57.1 Å². The zero-order valence-electron chi connectivity index (χ0n) is 12.5. The van der Waals surface area contributed by atoms with Crippen LogP contribution in [0.1, 0.15) is 45.4 Å². The van der Waals surface area contributed by atoms with Crippen molar-refractivity contribution < 1.29 is 9.47 Å². The lowest BCUT2D eigenvalue weighted by atomic mass is 9.76. The van der Waals surface area contributed by atoms with Crippen LogP contribution in [0.5, 0.6) is 0 Å². The maximum Gasteiger partial charge on any atom is 0.0939 e. The SMILES string of the molecule is CNC(C1CCC(C)C1)C1CCOC2(CCOC2)C1. The van der Waals surface area contributed by atoms with Crippen LogP contribution < -0.4 is 5.32 Å². The quantitative estimate of drug-likeness (QED) is 0.852. The van der Waals surface area contributed by atoms with Crippen LogP contribution in [0.25, 0.3) is 0 Å². The van der Waals surface area contributed by atoms with Gasteiger partial charge in [0.15, 0.2) is 0 Å². The van der Waals surface area contributed by atoms with Crippen molar-refractivity contribution in [3.05, 3.63) is 0 Å². The minimum Gasteiger partial charge on any atom is -0.378 e. The molecule has 110 valence electrons. The molecule has 3 heteroatoms. The van der Waals surface area contributed by atoms with Gasteiger partial charge in [-0.25, -0.2) is 0 Å². The first-order valence-corrected chi connectivity index (χ1v) is 8.11. The van der Waals surface area contributed by atoms with Crippen molar-refractivity contribution >= 4 is 0 Å². The van der Waals surface area contributed by atoms with Gasteiger partial charge in [0.25, 0.3) is 0 Å². The highest BCUT2D eigenvalue weighted by Gasteiger charge is 2.44. The molecule has 5 atom stereocenters. The summed E-state index contributed by atoms with van der Waals surface area (Å²) < 4.78 is 11.7. The van der Waals surface area contributed by atoms with Crippen molar-refractivity contribution in [3.63, 3.8) is 0 Å². The van der Waals surface area contributed by atoms with E-state index in [1.54, 1.807) is 0 Å². The molecule has 3 aliphatic rings. The molecule has 1 N–H and O–H groups in total. The summed E-state index contributed by atoms with van der Waals surface area (Å²) >= 11 is 0. The van der Waals surface area contributed by atoms with E-state index in [1.807, 2.05) is 0 Å². The van der Waals surface area contributed by atoms with Gasteiger partial charge in [0, 0.05) is 25.7 Å². The molecule has 0 aromatic rings. The minimum atomic E-state index is 0.0578. The maximum absolute atomic E-state index is 6.08. The Morgan fingerprint density at radius 2 is 2.05 bits per heavy atom. The molecule has 0 amide bonds. The Morgan fingerprint density at radius 3 is 2.68 bits per heavy atom. The van der Waals surface area contributed by atoms with E-state index in [0.29, 0.717) is 6.04 Å². The smallest absolute Gasteiger partial charge is 0.0939 e. The van der Waals surface area contributed by atoms with Gasteiger partial charge < -0.3 is 14.8 Å². The largest absolute Gasteiger partial charge is 0.378 e. The topological polar surface area (TPSA) is 30.5 Å². The first-order valence-electron chi connectivity index (χ1n) is 8.11. The third-order valence-corrected chi connectivity index (χ3v) is 5.68. The van der Waals surface area contributed by atoms with Crippen LogP contribution in [0.15, 0.2) is 0 Å². The first kappa shape index (κ1) is 13.8. The van der Waals surface area contributed by atoms with Gasteiger partial charge in [-0.3, -0.25) is 0 Å². The lowest BCUT2D eigenvalue weighted by Gasteiger charge is -2.42. The fourth-order valence-electron chi connectivity index (χ4n) is 4.67.